The molecule has 0 bridgehead atoms. The number of amides is 2. The molecule has 0 spiro atoms. The van der Waals surface area contributed by atoms with Crippen molar-refractivity contribution in [1.82, 2.24) is 25.5 Å². The van der Waals surface area contributed by atoms with Gasteiger partial charge in [0.1, 0.15) is 0 Å². The van der Waals surface area contributed by atoms with Gasteiger partial charge in [-0.3, -0.25) is 15.4 Å². The van der Waals surface area contributed by atoms with Gasteiger partial charge in [0.25, 0.3) is 5.91 Å². The number of nitrogens with one attached hydrogen (secondary N) is 2. The Hall–Kier alpha value is -4.20. The highest BCUT2D eigenvalue weighted by atomic mass is 32.2. The van der Waals surface area contributed by atoms with E-state index in [4.69, 9.17) is 5.84 Å². The van der Waals surface area contributed by atoms with Crippen LogP contribution in [0.15, 0.2) is 72.8 Å². The van der Waals surface area contributed by atoms with Crippen molar-refractivity contribution in [3.63, 3.8) is 0 Å². The molecule has 1 saturated heterocycles. The molecule has 4 aromatic rings. The second kappa shape index (κ2) is 16.1. The topological polar surface area (TPSA) is 118 Å². The van der Waals surface area contributed by atoms with Crippen LogP contribution in [0.3, 0.4) is 0 Å². The Bertz CT molecular complexity index is 1650. The van der Waals surface area contributed by atoms with Crippen molar-refractivity contribution in [3.05, 3.63) is 101 Å². The van der Waals surface area contributed by atoms with Crippen LogP contribution in [-0.2, 0) is 31.0 Å². The van der Waals surface area contributed by atoms with E-state index in [0.29, 0.717) is 29.6 Å². The van der Waals surface area contributed by atoms with E-state index < -0.39 is 17.6 Å². The molecular weight excluding hydrogens is 627 g/mol. The van der Waals surface area contributed by atoms with Crippen molar-refractivity contribution >= 4 is 29.3 Å². The zero-order chi connectivity index (χ0) is 34.1. The SMILES string of the molecule is CC(C)c1ccccc1N1C[C@H](NN)SCC1=O.CCCc1ccc(-c2nc(C(=O)NCc3ccc(C(F)(F)F)cc3)n(C)n2)cc1.[HH]. The first-order chi connectivity index (χ1) is 22.4. The number of benzene rings is 3. The number of nitrogens with two attached hydrogens (primary N) is 1. The summed E-state index contributed by atoms with van der Waals surface area (Å²) in [6.45, 7) is 7.10. The maximum Gasteiger partial charge on any atom is 0.416 e. The molecule has 0 saturated carbocycles. The lowest BCUT2D eigenvalue weighted by Crippen LogP contribution is -2.50. The molecule has 13 heteroatoms. The Balaban J connectivity index is 0.000000283. The number of rotatable bonds is 9. The highest BCUT2D eigenvalue weighted by molar-refractivity contribution is 8.00. The second-order valence-electron chi connectivity index (χ2n) is 11.4. The molecule has 0 unspecified atom stereocenters. The van der Waals surface area contributed by atoms with E-state index in [-0.39, 0.29) is 25.1 Å². The molecule has 3 aromatic carbocycles. The van der Waals surface area contributed by atoms with E-state index in [1.54, 1.807) is 18.8 Å². The molecule has 2 heterocycles. The fourth-order valence-electron chi connectivity index (χ4n) is 5.01. The maximum absolute atomic E-state index is 12.6. The quantitative estimate of drug-likeness (QED) is 0.141. The second-order valence-corrected chi connectivity index (χ2v) is 12.6. The summed E-state index contributed by atoms with van der Waals surface area (Å²) in [4.78, 5) is 30.7. The molecular formula is C34H42F3N7O2S. The molecule has 0 radical (unpaired) electrons. The van der Waals surface area contributed by atoms with E-state index in [2.05, 4.69) is 47.7 Å². The van der Waals surface area contributed by atoms with Crippen LogP contribution in [0.5, 0.6) is 0 Å². The minimum Gasteiger partial charge on any atom is -0.345 e. The maximum atomic E-state index is 12.6. The van der Waals surface area contributed by atoms with Crippen LogP contribution in [0, 0.1) is 0 Å². The van der Waals surface area contributed by atoms with Gasteiger partial charge in [-0.25, -0.2) is 15.1 Å². The van der Waals surface area contributed by atoms with Gasteiger partial charge in [0.05, 0.1) is 23.2 Å². The third-order valence-electron chi connectivity index (χ3n) is 7.54. The Morgan fingerprint density at radius 2 is 1.72 bits per heavy atom. The highest BCUT2D eigenvalue weighted by Crippen LogP contribution is 2.31. The number of anilines is 1. The van der Waals surface area contributed by atoms with Crippen LogP contribution in [0.2, 0.25) is 0 Å². The number of aryl methyl sites for hydroxylation is 2. The number of hydrogen-bond donors (Lipinski definition) is 3. The Morgan fingerprint density at radius 1 is 1.06 bits per heavy atom. The standard InChI is InChI=1S/C21H21F3N4O.C13H19N3OS.H2/c1-3-4-14-5-9-16(10-6-14)18-26-19(28(2)27-18)20(29)25-13-15-7-11-17(12-8-15)21(22,23)24;1-9(2)10-5-3-4-6-11(10)16-7-12(15-14)18-8-13(16)17;/h5-12H,3-4,13H2,1-2H3,(H,25,29);3-6,9,12,15H,7-8,14H2,1-2H3;1H/t;12-;/m.1./s1. The Kier molecular flexibility index (Phi) is 12.2. The van der Waals surface area contributed by atoms with Crippen molar-refractivity contribution in [2.45, 2.75) is 57.6 Å². The molecule has 252 valence electrons. The summed E-state index contributed by atoms with van der Waals surface area (Å²) in [5.74, 6) is 6.62. The number of carbonyl (C=O) groups is 2. The van der Waals surface area contributed by atoms with Gasteiger partial charge in [-0.15, -0.1) is 11.8 Å². The molecule has 47 heavy (non-hydrogen) atoms. The number of para-hydroxylation sites is 1. The predicted octanol–water partition coefficient (Wildman–Crippen LogP) is 6.31. The average molecular weight is 670 g/mol. The molecule has 1 fully saturated rings. The van der Waals surface area contributed by atoms with E-state index >= 15 is 0 Å². The van der Waals surface area contributed by atoms with Crippen molar-refractivity contribution < 1.29 is 24.2 Å². The molecule has 1 aliphatic rings. The van der Waals surface area contributed by atoms with Gasteiger partial charge >= 0.3 is 6.18 Å². The van der Waals surface area contributed by atoms with Crippen molar-refractivity contribution in [2.24, 2.45) is 12.9 Å². The lowest BCUT2D eigenvalue weighted by Gasteiger charge is -2.33. The number of halogens is 3. The van der Waals surface area contributed by atoms with Gasteiger partial charge < -0.3 is 10.2 Å². The largest absolute Gasteiger partial charge is 0.416 e. The van der Waals surface area contributed by atoms with Crippen LogP contribution >= 0.6 is 11.8 Å². The smallest absolute Gasteiger partial charge is 0.345 e. The number of aromatic nitrogens is 3. The van der Waals surface area contributed by atoms with Crippen LogP contribution in [0.4, 0.5) is 18.9 Å². The third-order valence-corrected chi connectivity index (χ3v) is 8.65. The summed E-state index contributed by atoms with van der Waals surface area (Å²) in [5, 5.41) is 7.05. The van der Waals surface area contributed by atoms with Gasteiger partial charge in [0, 0.05) is 26.3 Å². The normalized spacial score (nSPS) is 15.0. The average Bonchev–Trinajstić information content (AvgIpc) is 3.46. The zero-order valence-corrected chi connectivity index (χ0v) is 27.7. The first-order valence-electron chi connectivity index (χ1n) is 15.3. The fourth-order valence-corrected chi connectivity index (χ4v) is 5.86. The minimum absolute atomic E-state index is 0. The molecule has 2 amide bonds. The summed E-state index contributed by atoms with van der Waals surface area (Å²) in [6, 6.07) is 20.6. The zero-order valence-electron chi connectivity index (χ0n) is 26.8. The monoisotopic (exact) mass is 669 g/mol. The number of thioether (sulfide) groups is 1. The summed E-state index contributed by atoms with van der Waals surface area (Å²) >= 11 is 1.56. The molecule has 1 aromatic heterocycles. The van der Waals surface area contributed by atoms with Crippen LogP contribution < -0.4 is 21.5 Å². The van der Waals surface area contributed by atoms with E-state index in [1.165, 1.54) is 27.9 Å². The summed E-state index contributed by atoms with van der Waals surface area (Å²) in [7, 11) is 1.62. The number of alkyl halides is 3. The third kappa shape index (κ3) is 9.43. The van der Waals surface area contributed by atoms with Gasteiger partial charge in [0.2, 0.25) is 11.7 Å². The van der Waals surface area contributed by atoms with Gasteiger partial charge in [0.15, 0.2) is 5.82 Å². The van der Waals surface area contributed by atoms with Crippen molar-refractivity contribution in [2.75, 3.05) is 17.2 Å². The van der Waals surface area contributed by atoms with Gasteiger partial charge in [-0.2, -0.15) is 18.3 Å². The number of carbonyl (C=O) groups excluding carboxylic acids is 2. The molecule has 9 nitrogen and oxygen atoms in total. The molecule has 1 atom stereocenters. The minimum atomic E-state index is -4.38. The lowest BCUT2D eigenvalue weighted by molar-refractivity contribution is -0.137. The predicted molar refractivity (Wildman–Crippen MR) is 182 cm³/mol. The van der Waals surface area contributed by atoms with Gasteiger partial charge in [-0.05, 0) is 47.2 Å². The lowest BCUT2D eigenvalue weighted by atomic mass is 10.0. The van der Waals surface area contributed by atoms with E-state index in [0.717, 1.165) is 36.2 Å². The highest BCUT2D eigenvalue weighted by Gasteiger charge is 2.30. The Morgan fingerprint density at radius 3 is 2.34 bits per heavy atom. The molecule has 1 aliphatic heterocycles. The van der Waals surface area contributed by atoms with Crippen LogP contribution in [-0.4, -0.2) is 44.3 Å². The summed E-state index contributed by atoms with van der Waals surface area (Å²) in [5.41, 5.74) is 6.82. The first kappa shape index (κ1) is 35.7. The summed E-state index contributed by atoms with van der Waals surface area (Å²) < 4.78 is 39.2. The van der Waals surface area contributed by atoms with Crippen LogP contribution in [0.25, 0.3) is 11.4 Å². The van der Waals surface area contributed by atoms with Gasteiger partial charge in [-0.1, -0.05) is 81.8 Å². The summed E-state index contributed by atoms with van der Waals surface area (Å²) in [6.07, 6.45) is -2.33. The van der Waals surface area contributed by atoms with Crippen LogP contribution in [0.1, 0.15) is 67.4 Å². The number of hydrogen-bond acceptors (Lipinski definition) is 7. The number of nitrogens with zero attached hydrogens (tertiary/aromatic N) is 4. The number of hydrazine groups is 1. The molecule has 4 N–H and O–H groups in total. The molecule has 5 rings (SSSR count). The first-order valence-corrected chi connectivity index (χ1v) is 16.4. The van der Waals surface area contributed by atoms with E-state index in [9.17, 15) is 22.8 Å². The van der Waals surface area contributed by atoms with E-state index in [1.807, 2.05) is 47.4 Å². The fraction of sp³-hybridized carbons (Fsp3) is 0.353. The van der Waals surface area contributed by atoms with Crippen molar-refractivity contribution in [3.8, 4) is 11.4 Å². The van der Waals surface area contributed by atoms with Crippen molar-refractivity contribution in [1.29, 1.82) is 0 Å². The molecule has 0 aliphatic carbocycles. The Labute approximate surface area is 278 Å².